The van der Waals surface area contributed by atoms with Gasteiger partial charge < -0.3 is 5.32 Å². The van der Waals surface area contributed by atoms with Gasteiger partial charge in [0, 0.05) is 34.4 Å². The van der Waals surface area contributed by atoms with Crippen molar-refractivity contribution in [2.75, 3.05) is 18.4 Å². The van der Waals surface area contributed by atoms with Crippen molar-refractivity contribution in [2.24, 2.45) is 0 Å². The highest BCUT2D eigenvalue weighted by atomic mass is 127. The zero-order valence-electron chi connectivity index (χ0n) is 10.8. The van der Waals surface area contributed by atoms with E-state index >= 15 is 0 Å². The maximum atomic E-state index is 3.68. The molecule has 1 aliphatic heterocycles. The molecule has 17 heavy (non-hydrogen) atoms. The number of hydrogen-bond acceptors (Lipinski definition) is 2. The molecule has 1 heterocycles. The molecule has 3 heteroatoms. The van der Waals surface area contributed by atoms with E-state index in [-0.39, 0.29) is 0 Å². The Kier molecular flexibility index (Phi) is 4.31. The topological polar surface area (TPSA) is 15.3 Å². The molecular weight excluding hydrogens is 323 g/mol. The highest BCUT2D eigenvalue weighted by molar-refractivity contribution is 14.1. The Morgan fingerprint density at radius 3 is 2.76 bits per heavy atom. The van der Waals surface area contributed by atoms with Gasteiger partial charge >= 0.3 is 0 Å². The lowest BCUT2D eigenvalue weighted by molar-refractivity contribution is 0.274. The fourth-order valence-corrected chi connectivity index (χ4v) is 3.03. The third-order valence-corrected chi connectivity index (χ3v) is 4.17. The molecule has 2 rings (SSSR count). The highest BCUT2D eigenvalue weighted by Crippen LogP contribution is 2.22. The Morgan fingerprint density at radius 1 is 1.41 bits per heavy atom. The van der Waals surface area contributed by atoms with Gasteiger partial charge in [-0.25, -0.2) is 0 Å². The Morgan fingerprint density at radius 2 is 2.18 bits per heavy atom. The Balaban J connectivity index is 1.98. The second kappa shape index (κ2) is 5.57. The van der Waals surface area contributed by atoms with Crippen LogP contribution in [0.5, 0.6) is 0 Å². The molecule has 0 aliphatic carbocycles. The summed E-state index contributed by atoms with van der Waals surface area (Å²) < 4.78 is 1.31. The first kappa shape index (κ1) is 13.1. The van der Waals surface area contributed by atoms with E-state index in [1.165, 1.54) is 34.3 Å². The quantitative estimate of drug-likeness (QED) is 0.845. The van der Waals surface area contributed by atoms with Gasteiger partial charge in [0.2, 0.25) is 0 Å². The molecule has 0 aromatic heterocycles. The summed E-state index contributed by atoms with van der Waals surface area (Å²) in [4.78, 5) is 2.54. The number of rotatable bonds is 3. The molecule has 94 valence electrons. The van der Waals surface area contributed by atoms with Gasteiger partial charge in [-0.1, -0.05) is 0 Å². The maximum Gasteiger partial charge on any atom is 0.0400 e. The Bertz CT molecular complexity index is 390. The van der Waals surface area contributed by atoms with Crippen molar-refractivity contribution in [3.63, 3.8) is 0 Å². The van der Waals surface area contributed by atoms with E-state index in [2.05, 4.69) is 71.8 Å². The van der Waals surface area contributed by atoms with Crippen molar-refractivity contribution in [3.05, 3.63) is 27.3 Å². The van der Waals surface area contributed by atoms with Crippen LogP contribution in [0.4, 0.5) is 5.69 Å². The van der Waals surface area contributed by atoms with Crippen LogP contribution in [0.3, 0.4) is 0 Å². The second-order valence-electron chi connectivity index (χ2n) is 5.18. The van der Waals surface area contributed by atoms with E-state index in [1.54, 1.807) is 0 Å². The summed E-state index contributed by atoms with van der Waals surface area (Å²) in [6.07, 6.45) is 1.25. The van der Waals surface area contributed by atoms with Crippen molar-refractivity contribution >= 4 is 28.3 Å². The first-order valence-electron chi connectivity index (χ1n) is 6.33. The third-order valence-electron chi connectivity index (χ3n) is 3.50. The van der Waals surface area contributed by atoms with Gasteiger partial charge in [-0.15, -0.1) is 0 Å². The summed E-state index contributed by atoms with van der Waals surface area (Å²) in [5.74, 6) is 0. The molecule has 1 aromatic rings. The molecule has 1 atom stereocenters. The predicted molar refractivity (Wildman–Crippen MR) is 82.6 cm³/mol. The molecule has 1 fully saturated rings. The Labute approximate surface area is 118 Å². The number of aryl methyl sites for hydroxylation is 1. The molecule has 1 unspecified atom stereocenters. The van der Waals surface area contributed by atoms with Crippen LogP contribution in [0.25, 0.3) is 0 Å². The molecule has 1 N–H and O–H groups in total. The predicted octanol–water partition coefficient (Wildman–Crippen LogP) is 3.49. The lowest BCUT2D eigenvalue weighted by atomic mass is 10.1. The monoisotopic (exact) mass is 344 g/mol. The molecule has 1 aromatic carbocycles. The number of nitrogens with one attached hydrogen (secondary N) is 1. The number of halogens is 1. The molecule has 2 nitrogen and oxygen atoms in total. The zero-order chi connectivity index (χ0) is 12.4. The molecule has 1 saturated heterocycles. The minimum Gasteiger partial charge on any atom is -0.381 e. The van der Waals surface area contributed by atoms with Crippen LogP contribution < -0.4 is 5.32 Å². The lowest BCUT2D eigenvalue weighted by Crippen LogP contribution is -2.31. The number of benzene rings is 1. The summed E-state index contributed by atoms with van der Waals surface area (Å²) >= 11 is 2.36. The highest BCUT2D eigenvalue weighted by Gasteiger charge is 2.24. The Hall–Kier alpha value is -0.290. The standard InChI is InChI=1S/C14H21IN2/c1-10(2)17-7-6-13(9-17)16-14-5-4-12(15)8-11(14)3/h4-5,8,10,13,16H,6-7,9H2,1-3H3. The molecule has 1 aliphatic rings. The second-order valence-corrected chi connectivity index (χ2v) is 6.42. The fourth-order valence-electron chi connectivity index (χ4n) is 2.38. The van der Waals surface area contributed by atoms with Crippen molar-refractivity contribution < 1.29 is 0 Å². The first-order chi connectivity index (χ1) is 8.06. The van der Waals surface area contributed by atoms with Gasteiger partial charge in [0.05, 0.1) is 0 Å². The van der Waals surface area contributed by atoms with Gasteiger partial charge in [0.25, 0.3) is 0 Å². The van der Waals surface area contributed by atoms with Crippen molar-refractivity contribution in [2.45, 2.75) is 39.3 Å². The van der Waals surface area contributed by atoms with Gasteiger partial charge in [-0.2, -0.15) is 0 Å². The van der Waals surface area contributed by atoms with E-state index in [9.17, 15) is 0 Å². The number of anilines is 1. The van der Waals surface area contributed by atoms with E-state index in [1.807, 2.05) is 0 Å². The lowest BCUT2D eigenvalue weighted by Gasteiger charge is -2.21. The van der Waals surface area contributed by atoms with Crippen LogP contribution in [0.15, 0.2) is 18.2 Å². The molecular formula is C14H21IN2. The molecule has 0 spiro atoms. The van der Waals surface area contributed by atoms with Crippen LogP contribution in [0.1, 0.15) is 25.8 Å². The fraction of sp³-hybridized carbons (Fsp3) is 0.571. The molecule has 0 radical (unpaired) electrons. The van der Waals surface area contributed by atoms with E-state index < -0.39 is 0 Å². The van der Waals surface area contributed by atoms with Crippen molar-refractivity contribution in [1.82, 2.24) is 4.90 Å². The third kappa shape index (κ3) is 3.35. The normalized spacial score (nSPS) is 21.1. The SMILES string of the molecule is Cc1cc(I)ccc1NC1CCN(C(C)C)C1. The number of hydrogen-bond donors (Lipinski definition) is 1. The molecule has 0 bridgehead atoms. The van der Waals surface area contributed by atoms with Crippen LogP contribution in [0, 0.1) is 10.5 Å². The van der Waals surface area contributed by atoms with E-state index in [0.717, 1.165) is 0 Å². The van der Waals surface area contributed by atoms with Crippen molar-refractivity contribution in [1.29, 1.82) is 0 Å². The van der Waals surface area contributed by atoms with Crippen molar-refractivity contribution in [3.8, 4) is 0 Å². The van der Waals surface area contributed by atoms with Crippen LogP contribution in [-0.2, 0) is 0 Å². The molecule has 0 amide bonds. The van der Waals surface area contributed by atoms with Crippen LogP contribution in [0.2, 0.25) is 0 Å². The van der Waals surface area contributed by atoms with Gasteiger partial charge in [0.1, 0.15) is 0 Å². The number of likely N-dealkylation sites (tertiary alicyclic amines) is 1. The summed E-state index contributed by atoms with van der Waals surface area (Å²) in [7, 11) is 0. The minimum atomic E-state index is 0.608. The van der Waals surface area contributed by atoms with Crippen LogP contribution in [-0.4, -0.2) is 30.1 Å². The largest absolute Gasteiger partial charge is 0.381 e. The summed E-state index contributed by atoms with van der Waals surface area (Å²) in [6.45, 7) is 9.12. The summed E-state index contributed by atoms with van der Waals surface area (Å²) in [5.41, 5.74) is 2.64. The average Bonchev–Trinajstić information content (AvgIpc) is 2.71. The first-order valence-corrected chi connectivity index (χ1v) is 7.41. The number of nitrogens with zero attached hydrogens (tertiary/aromatic N) is 1. The van der Waals surface area contributed by atoms with Gasteiger partial charge in [0.15, 0.2) is 0 Å². The van der Waals surface area contributed by atoms with Gasteiger partial charge in [-0.05, 0) is 73.5 Å². The summed E-state index contributed by atoms with van der Waals surface area (Å²) in [5, 5.41) is 3.68. The van der Waals surface area contributed by atoms with E-state index in [0.29, 0.717) is 12.1 Å². The molecule has 0 saturated carbocycles. The maximum absolute atomic E-state index is 3.68. The van der Waals surface area contributed by atoms with E-state index in [4.69, 9.17) is 0 Å². The smallest absolute Gasteiger partial charge is 0.0400 e. The average molecular weight is 344 g/mol. The zero-order valence-corrected chi connectivity index (χ0v) is 13.0. The van der Waals surface area contributed by atoms with Crippen LogP contribution >= 0.6 is 22.6 Å². The summed E-state index contributed by atoms with van der Waals surface area (Å²) in [6, 6.07) is 7.88. The van der Waals surface area contributed by atoms with Gasteiger partial charge in [-0.3, -0.25) is 4.90 Å². The minimum absolute atomic E-state index is 0.608.